The summed E-state index contributed by atoms with van der Waals surface area (Å²) in [7, 11) is 0. The van der Waals surface area contributed by atoms with Crippen molar-refractivity contribution < 1.29 is 55.2 Å². The number of para-hydroxylation sites is 2. The summed E-state index contributed by atoms with van der Waals surface area (Å²) < 4.78 is 102. The zero-order valence-corrected chi connectivity index (χ0v) is 29.3. The van der Waals surface area contributed by atoms with Gasteiger partial charge in [0.05, 0.1) is 30.5 Å². The lowest BCUT2D eigenvalue weighted by Gasteiger charge is -2.50. The monoisotopic (exact) mass is 768 g/mol. The number of amides is 2. The van der Waals surface area contributed by atoms with Crippen LogP contribution in [0.3, 0.4) is 0 Å². The second-order valence-electron chi connectivity index (χ2n) is 12.8. The highest BCUT2D eigenvalue weighted by molar-refractivity contribution is 7.10. The first-order chi connectivity index (χ1) is 25.3. The predicted octanol–water partition coefficient (Wildman–Crippen LogP) is 6.44. The summed E-state index contributed by atoms with van der Waals surface area (Å²) in [5.41, 5.74) is -3.29. The normalized spacial score (nSPS) is 21.5. The lowest BCUT2D eigenvalue weighted by molar-refractivity contribution is -0.159. The standard InChI is InChI=1S/C36H38F6N4O6S/c37-35(38,39)25-11-13-43-31-30(25)32(48)46-14-7-12-34(28(46)10-3-1-2-6-20-51-31,52-24-22-29(53-23-24)36(40,41)42)33(49)45-17-15-44(16-18-45)26-8-4-5-9-27(26)50-21-19-47/h1,3-5,8-9,11,13,22-23,28,47H,2,6-7,10,12,14-21H2. The molecule has 286 valence electrons. The maximum absolute atomic E-state index is 15.0. The Morgan fingerprint density at radius 3 is 2.51 bits per heavy atom. The molecule has 2 amide bonds. The van der Waals surface area contributed by atoms with Gasteiger partial charge in [-0.05, 0) is 43.9 Å². The Balaban J connectivity index is 1.40. The predicted molar refractivity (Wildman–Crippen MR) is 182 cm³/mol. The van der Waals surface area contributed by atoms with Crippen LogP contribution in [0.25, 0.3) is 0 Å². The number of pyridine rings is 1. The number of piperazine rings is 1. The summed E-state index contributed by atoms with van der Waals surface area (Å²) in [6.07, 6.45) is -4.30. The number of alkyl halides is 6. The zero-order valence-electron chi connectivity index (χ0n) is 28.5. The van der Waals surface area contributed by atoms with Crippen LogP contribution in [0.15, 0.2) is 60.1 Å². The number of ether oxygens (including phenoxy) is 3. The van der Waals surface area contributed by atoms with Crippen LogP contribution in [0.4, 0.5) is 32.0 Å². The molecule has 2 aromatic heterocycles. The maximum atomic E-state index is 15.0. The third-order valence-electron chi connectivity index (χ3n) is 9.48. The first-order valence-electron chi connectivity index (χ1n) is 17.2. The Bertz CT molecular complexity index is 1790. The number of anilines is 1. The Morgan fingerprint density at radius 1 is 1.02 bits per heavy atom. The minimum absolute atomic E-state index is 0.00238. The summed E-state index contributed by atoms with van der Waals surface area (Å²) in [5, 5.41) is 10.4. The average Bonchev–Trinajstić information content (AvgIpc) is 3.62. The van der Waals surface area contributed by atoms with Crippen molar-refractivity contribution in [2.45, 2.75) is 56.1 Å². The smallest absolute Gasteiger partial charge is 0.425 e. The summed E-state index contributed by atoms with van der Waals surface area (Å²) >= 11 is 0.386. The van der Waals surface area contributed by atoms with Crippen LogP contribution in [0.1, 0.15) is 52.9 Å². The van der Waals surface area contributed by atoms with E-state index in [9.17, 15) is 41.0 Å². The van der Waals surface area contributed by atoms with Gasteiger partial charge in [0.2, 0.25) is 11.5 Å². The number of aliphatic hydroxyl groups excluding tert-OH is 1. The van der Waals surface area contributed by atoms with E-state index < -0.39 is 57.7 Å². The molecule has 0 radical (unpaired) electrons. The topological polar surface area (TPSA) is 105 Å². The SMILES string of the molecule is O=C1c2c(C(F)(F)F)ccnc2OCCCC=CCC2N1CCCC2(Oc1csc(C(F)(F)F)c1)C(=O)N1CCN(c2ccccc2OCCO)CC1. The van der Waals surface area contributed by atoms with E-state index in [1.54, 1.807) is 24.3 Å². The van der Waals surface area contributed by atoms with Gasteiger partial charge < -0.3 is 34.0 Å². The van der Waals surface area contributed by atoms with Crippen molar-refractivity contribution in [1.82, 2.24) is 14.8 Å². The third kappa shape index (κ3) is 8.20. The second-order valence-corrected chi connectivity index (χ2v) is 13.7. The first-order valence-corrected chi connectivity index (χ1v) is 18.1. The number of carbonyl (C=O) groups excluding carboxylic acids is 2. The van der Waals surface area contributed by atoms with E-state index in [0.717, 1.165) is 28.2 Å². The molecule has 3 aromatic rings. The Kier molecular flexibility index (Phi) is 11.4. The first kappa shape index (κ1) is 38.2. The number of benzene rings is 1. The Hall–Kier alpha value is -4.51. The van der Waals surface area contributed by atoms with Crippen LogP contribution in [-0.4, -0.2) is 95.9 Å². The molecule has 53 heavy (non-hydrogen) atoms. The highest BCUT2D eigenvalue weighted by Crippen LogP contribution is 2.44. The van der Waals surface area contributed by atoms with Gasteiger partial charge >= 0.3 is 12.4 Å². The van der Waals surface area contributed by atoms with Gasteiger partial charge in [-0.3, -0.25) is 9.59 Å². The van der Waals surface area contributed by atoms with Gasteiger partial charge in [-0.1, -0.05) is 24.3 Å². The van der Waals surface area contributed by atoms with Gasteiger partial charge in [0.15, 0.2) is 0 Å². The number of nitrogens with zero attached hydrogens (tertiary/aromatic N) is 4. The van der Waals surface area contributed by atoms with Crippen molar-refractivity contribution in [1.29, 1.82) is 0 Å². The van der Waals surface area contributed by atoms with Crippen molar-refractivity contribution >= 4 is 28.8 Å². The van der Waals surface area contributed by atoms with E-state index in [4.69, 9.17) is 14.2 Å². The van der Waals surface area contributed by atoms with E-state index in [1.807, 2.05) is 17.0 Å². The molecule has 0 bridgehead atoms. The van der Waals surface area contributed by atoms with Crippen molar-refractivity contribution in [3.63, 3.8) is 0 Å². The molecule has 5 heterocycles. The number of thiophene rings is 1. The quantitative estimate of drug-likeness (QED) is 0.217. The molecule has 6 rings (SSSR count). The molecule has 0 saturated carbocycles. The number of rotatable bonds is 7. The Morgan fingerprint density at radius 2 is 1.79 bits per heavy atom. The van der Waals surface area contributed by atoms with Crippen molar-refractivity contribution in [2.24, 2.45) is 0 Å². The molecule has 17 heteroatoms. The van der Waals surface area contributed by atoms with Gasteiger partial charge in [0.1, 0.15) is 28.5 Å². The molecule has 2 atom stereocenters. The lowest BCUT2D eigenvalue weighted by atomic mass is 9.80. The van der Waals surface area contributed by atoms with Crippen LogP contribution in [0, 0.1) is 0 Å². The van der Waals surface area contributed by atoms with Crippen LogP contribution < -0.4 is 19.1 Å². The fourth-order valence-electron chi connectivity index (χ4n) is 7.06. The fourth-order valence-corrected chi connectivity index (χ4v) is 7.73. The molecule has 1 N–H and O–H groups in total. The van der Waals surface area contributed by atoms with E-state index in [1.165, 1.54) is 4.90 Å². The summed E-state index contributed by atoms with van der Waals surface area (Å²) in [5.74, 6) is -1.87. The fraction of sp³-hybridized carbons (Fsp3) is 0.472. The van der Waals surface area contributed by atoms with Gasteiger partial charge in [0, 0.05) is 56.8 Å². The van der Waals surface area contributed by atoms with Crippen molar-refractivity contribution in [3.05, 3.63) is 76.1 Å². The molecule has 2 fully saturated rings. The van der Waals surface area contributed by atoms with E-state index in [-0.39, 0.29) is 64.5 Å². The molecule has 10 nitrogen and oxygen atoms in total. The molecule has 0 aliphatic carbocycles. The Labute approximate surface area is 305 Å². The molecule has 3 aliphatic heterocycles. The van der Waals surface area contributed by atoms with Gasteiger partial charge in [-0.25, -0.2) is 4.98 Å². The van der Waals surface area contributed by atoms with Crippen LogP contribution >= 0.6 is 11.3 Å². The van der Waals surface area contributed by atoms with Gasteiger partial charge in [-0.2, -0.15) is 26.3 Å². The molecular weight excluding hydrogens is 730 g/mol. The number of hydrogen-bond donors (Lipinski definition) is 1. The number of hydrogen-bond acceptors (Lipinski definition) is 9. The highest BCUT2D eigenvalue weighted by atomic mass is 32.1. The molecule has 2 unspecified atom stereocenters. The maximum Gasteiger partial charge on any atom is 0.425 e. The summed E-state index contributed by atoms with van der Waals surface area (Å²) in [6.45, 7) is 0.809. The zero-order chi connectivity index (χ0) is 37.8. The number of halogens is 6. The molecule has 3 aliphatic rings. The number of fused-ring (bicyclic) bond motifs is 2. The van der Waals surface area contributed by atoms with Crippen molar-refractivity contribution in [2.75, 3.05) is 57.4 Å². The van der Waals surface area contributed by atoms with Crippen LogP contribution in [0.2, 0.25) is 0 Å². The average molecular weight is 769 g/mol. The number of carbonyl (C=O) groups is 2. The van der Waals surface area contributed by atoms with E-state index >= 15 is 0 Å². The number of allylic oxidation sites excluding steroid dienone is 1. The number of aliphatic hydroxyl groups is 1. The van der Waals surface area contributed by atoms with E-state index in [0.29, 0.717) is 49.1 Å². The molecular formula is C36H38F6N4O6S. The van der Waals surface area contributed by atoms with Gasteiger partial charge in [0.25, 0.3) is 11.8 Å². The van der Waals surface area contributed by atoms with Crippen LogP contribution in [0.5, 0.6) is 17.4 Å². The van der Waals surface area contributed by atoms with Crippen LogP contribution in [-0.2, 0) is 17.1 Å². The summed E-state index contributed by atoms with van der Waals surface area (Å²) in [4.78, 5) is 37.1. The molecule has 2 saturated heterocycles. The largest absolute Gasteiger partial charge is 0.489 e. The minimum atomic E-state index is -4.95. The highest BCUT2D eigenvalue weighted by Gasteiger charge is 2.56. The number of piperidine rings is 1. The minimum Gasteiger partial charge on any atom is -0.489 e. The second kappa shape index (κ2) is 15.8. The van der Waals surface area contributed by atoms with Crippen molar-refractivity contribution in [3.8, 4) is 17.4 Å². The lowest BCUT2D eigenvalue weighted by Crippen LogP contribution is -2.69. The van der Waals surface area contributed by atoms with E-state index in [2.05, 4.69) is 4.98 Å². The summed E-state index contributed by atoms with van der Waals surface area (Å²) in [6, 6.07) is 7.48. The third-order valence-corrected chi connectivity index (χ3v) is 10.4. The molecule has 1 aromatic carbocycles. The van der Waals surface area contributed by atoms with Gasteiger partial charge in [-0.15, -0.1) is 11.3 Å². The number of aromatic nitrogens is 1. The molecule has 0 spiro atoms.